The zero-order chi connectivity index (χ0) is 16.2. The van der Waals surface area contributed by atoms with Gasteiger partial charge in [0.25, 0.3) is 0 Å². The number of carbonyl (C=O) groups is 1. The number of rotatable bonds is 4. The van der Waals surface area contributed by atoms with Gasteiger partial charge >= 0.3 is 0 Å². The Bertz CT molecular complexity index is 780. The minimum Gasteiger partial charge on any atom is -0.358 e. The van der Waals surface area contributed by atoms with Crippen LogP contribution in [0.25, 0.3) is 11.1 Å². The van der Waals surface area contributed by atoms with Gasteiger partial charge in [0.15, 0.2) is 0 Å². The minimum atomic E-state index is -0.365. The fourth-order valence-electron chi connectivity index (χ4n) is 2.57. The first kappa shape index (κ1) is 15.3. The molecule has 1 heterocycles. The van der Waals surface area contributed by atoms with Crippen LogP contribution in [0.15, 0.2) is 60.9 Å². The summed E-state index contributed by atoms with van der Waals surface area (Å²) in [4.78, 5) is 12.4. The highest BCUT2D eigenvalue weighted by atomic mass is 35.5. The van der Waals surface area contributed by atoms with Gasteiger partial charge in [-0.1, -0.05) is 48.0 Å². The molecule has 116 valence electrons. The van der Waals surface area contributed by atoms with Crippen LogP contribution in [0.1, 0.15) is 17.0 Å². The Hall–Kier alpha value is -2.59. The second-order valence-electron chi connectivity index (χ2n) is 5.21. The van der Waals surface area contributed by atoms with E-state index in [2.05, 4.69) is 15.5 Å². The van der Waals surface area contributed by atoms with Crippen molar-refractivity contribution < 1.29 is 4.79 Å². The molecular formula is C18H16ClN3O. The Morgan fingerprint density at radius 3 is 2.17 bits per heavy atom. The zero-order valence-electron chi connectivity index (χ0n) is 12.6. The molecule has 2 aromatic carbocycles. The second-order valence-corrected chi connectivity index (χ2v) is 5.64. The minimum absolute atomic E-state index is 0.0524. The van der Waals surface area contributed by atoms with Gasteiger partial charge in [-0.3, -0.25) is 9.89 Å². The molecule has 0 saturated heterocycles. The van der Waals surface area contributed by atoms with Crippen LogP contribution in [-0.4, -0.2) is 23.2 Å². The first-order valence-corrected chi connectivity index (χ1v) is 7.63. The fraction of sp³-hybridized carbons (Fsp3) is 0.111. The summed E-state index contributed by atoms with van der Waals surface area (Å²) in [6.07, 6.45) is 3.61. The fourth-order valence-corrected chi connectivity index (χ4v) is 2.70. The molecule has 4 nitrogen and oxygen atoms in total. The number of likely N-dealkylation sites (N-methyl/N-ethyl adjacent to an activating group) is 1. The van der Waals surface area contributed by atoms with Gasteiger partial charge in [0.05, 0.1) is 12.1 Å². The maximum atomic E-state index is 12.4. The van der Waals surface area contributed by atoms with Crippen molar-refractivity contribution in [2.75, 3.05) is 7.05 Å². The summed E-state index contributed by atoms with van der Waals surface area (Å²) in [5.41, 5.74) is 3.90. The topological polar surface area (TPSA) is 57.8 Å². The van der Waals surface area contributed by atoms with Crippen LogP contribution in [-0.2, 0) is 4.79 Å². The van der Waals surface area contributed by atoms with Crippen molar-refractivity contribution in [2.24, 2.45) is 0 Å². The molecule has 0 aliphatic heterocycles. The van der Waals surface area contributed by atoms with Gasteiger partial charge in [0, 0.05) is 23.8 Å². The van der Waals surface area contributed by atoms with Crippen molar-refractivity contribution in [1.29, 1.82) is 0 Å². The number of hydrogen-bond donors (Lipinski definition) is 2. The standard InChI is InChI=1S/C18H16ClN3O/c1-20-18(23)17(14-6-8-16(19)9-7-14)13-4-2-12(3-5-13)15-10-21-22-11-15/h2-11,17H,1H3,(H,20,23)(H,21,22). The molecule has 1 aromatic heterocycles. The van der Waals surface area contributed by atoms with Crippen LogP contribution in [0.5, 0.6) is 0 Å². The van der Waals surface area contributed by atoms with E-state index in [1.165, 1.54) is 0 Å². The van der Waals surface area contributed by atoms with Crippen LogP contribution in [0.3, 0.4) is 0 Å². The lowest BCUT2D eigenvalue weighted by atomic mass is 9.89. The molecule has 3 aromatic rings. The van der Waals surface area contributed by atoms with Gasteiger partial charge < -0.3 is 5.32 Å². The second kappa shape index (κ2) is 6.67. The Morgan fingerprint density at radius 2 is 1.65 bits per heavy atom. The smallest absolute Gasteiger partial charge is 0.231 e. The molecule has 23 heavy (non-hydrogen) atoms. The van der Waals surface area contributed by atoms with Crippen molar-refractivity contribution in [2.45, 2.75) is 5.92 Å². The van der Waals surface area contributed by atoms with E-state index in [1.807, 2.05) is 42.6 Å². The molecule has 0 spiro atoms. The predicted molar refractivity (Wildman–Crippen MR) is 91.4 cm³/mol. The lowest BCUT2D eigenvalue weighted by molar-refractivity contribution is -0.121. The van der Waals surface area contributed by atoms with E-state index in [0.29, 0.717) is 5.02 Å². The molecular weight excluding hydrogens is 310 g/mol. The van der Waals surface area contributed by atoms with Crippen molar-refractivity contribution in [1.82, 2.24) is 15.5 Å². The van der Waals surface area contributed by atoms with Crippen molar-refractivity contribution >= 4 is 17.5 Å². The Kier molecular flexibility index (Phi) is 4.44. The molecule has 0 saturated carbocycles. The number of aromatic nitrogens is 2. The first-order chi connectivity index (χ1) is 11.2. The predicted octanol–water partition coefficient (Wildman–Crippen LogP) is 3.61. The van der Waals surface area contributed by atoms with Gasteiger partial charge in [-0.05, 0) is 28.8 Å². The number of hydrogen-bond acceptors (Lipinski definition) is 2. The highest BCUT2D eigenvalue weighted by molar-refractivity contribution is 6.30. The number of halogens is 1. The monoisotopic (exact) mass is 325 g/mol. The molecule has 1 atom stereocenters. The largest absolute Gasteiger partial charge is 0.358 e. The van der Waals surface area contributed by atoms with Crippen LogP contribution >= 0.6 is 11.6 Å². The number of benzene rings is 2. The maximum Gasteiger partial charge on any atom is 0.231 e. The maximum absolute atomic E-state index is 12.4. The third kappa shape index (κ3) is 3.27. The summed E-state index contributed by atoms with van der Waals surface area (Å²) in [6, 6.07) is 15.3. The highest BCUT2D eigenvalue weighted by Crippen LogP contribution is 2.28. The van der Waals surface area contributed by atoms with Crippen molar-refractivity contribution in [3.63, 3.8) is 0 Å². The van der Waals surface area contributed by atoms with Gasteiger partial charge in [0.1, 0.15) is 0 Å². The molecule has 0 aliphatic carbocycles. The quantitative estimate of drug-likeness (QED) is 0.770. The molecule has 1 unspecified atom stereocenters. The summed E-state index contributed by atoms with van der Waals surface area (Å²) in [5.74, 6) is -0.418. The molecule has 2 N–H and O–H groups in total. The number of amides is 1. The molecule has 0 bridgehead atoms. The third-order valence-electron chi connectivity index (χ3n) is 3.79. The number of aromatic amines is 1. The van der Waals surface area contributed by atoms with E-state index in [1.54, 1.807) is 25.4 Å². The van der Waals surface area contributed by atoms with E-state index in [4.69, 9.17) is 11.6 Å². The van der Waals surface area contributed by atoms with E-state index in [-0.39, 0.29) is 11.8 Å². The number of nitrogens with zero attached hydrogens (tertiary/aromatic N) is 1. The van der Waals surface area contributed by atoms with Gasteiger partial charge in [-0.25, -0.2) is 0 Å². The lowest BCUT2D eigenvalue weighted by Crippen LogP contribution is -2.26. The normalized spacial score (nSPS) is 11.9. The van der Waals surface area contributed by atoms with E-state index >= 15 is 0 Å². The summed E-state index contributed by atoms with van der Waals surface area (Å²) in [7, 11) is 1.64. The summed E-state index contributed by atoms with van der Waals surface area (Å²) in [6.45, 7) is 0. The molecule has 0 fully saturated rings. The molecule has 1 amide bonds. The SMILES string of the molecule is CNC(=O)C(c1ccc(Cl)cc1)c1ccc(-c2cn[nH]c2)cc1. The van der Waals surface area contributed by atoms with Crippen LogP contribution in [0, 0.1) is 0 Å². The average molecular weight is 326 g/mol. The van der Waals surface area contributed by atoms with Gasteiger partial charge in [-0.2, -0.15) is 5.10 Å². The van der Waals surface area contributed by atoms with Crippen molar-refractivity contribution in [3.05, 3.63) is 77.1 Å². The molecule has 0 aliphatic rings. The van der Waals surface area contributed by atoms with Crippen LogP contribution < -0.4 is 5.32 Å². The first-order valence-electron chi connectivity index (χ1n) is 7.25. The van der Waals surface area contributed by atoms with Crippen LogP contribution in [0.2, 0.25) is 5.02 Å². The summed E-state index contributed by atoms with van der Waals surface area (Å²) in [5, 5.41) is 10.1. The Balaban J connectivity index is 1.97. The van der Waals surface area contributed by atoms with E-state index < -0.39 is 0 Å². The highest BCUT2D eigenvalue weighted by Gasteiger charge is 2.21. The van der Waals surface area contributed by atoms with E-state index in [9.17, 15) is 4.79 Å². The van der Waals surface area contributed by atoms with E-state index in [0.717, 1.165) is 22.3 Å². The molecule has 5 heteroatoms. The number of carbonyl (C=O) groups excluding carboxylic acids is 1. The Labute approximate surface area is 139 Å². The molecule has 3 rings (SSSR count). The van der Waals surface area contributed by atoms with Gasteiger partial charge in [0.2, 0.25) is 5.91 Å². The third-order valence-corrected chi connectivity index (χ3v) is 4.04. The number of H-pyrrole nitrogens is 1. The number of nitrogens with one attached hydrogen (secondary N) is 2. The lowest BCUT2D eigenvalue weighted by Gasteiger charge is -2.17. The summed E-state index contributed by atoms with van der Waals surface area (Å²) >= 11 is 5.94. The van der Waals surface area contributed by atoms with Crippen LogP contribution in [0.4, 0.5) is 0 Å². The van der Waals surface area contributed by atoms with Crippen molar-refractivity contribution in [3.8, 4) is 11.1 Å². The summed E-state index contributed by atoms with van der Waals surface area (Å²) < 4.78 is 0. The average Bonchev–Trinajstić information content (AvgIpc) is 3.12. The van der Waals surface area contributed by atoms with Gasteiger partial charge in [-0.15, -0.1) is 0 Å². The Morgan fingerprint density at radius 1 is 1.04 bits per heavy atom. The zero-order valence-corrected chi connectivity index (χ0v) is 13.3. The molecule has 0 radical (unpaired) electrons.